The first-order chi connectivity index (χ1) is 20.4. The first kappa shape index (κ1) is 28.3. The number of hydrogen-bond donors (Lipinski definition) is 0. The van der Waals surface area contributed by atoms with Crippen LogP contribution in [-0.4, -0.2) is 73.7 Å². The molecule has 2 heterocycles. The van der Waals surface area contributed by atoms with Crippen LogP contribution in [0.2, 0.25) is 0 Å². The van der Waals surface area contributed by atoms with Crippen molar-refractivity contribution in [2.24, 2.45) is 0 Å². The molecule has 0 spiro atoms. The minimum atomic E-state index is -3.65. The standard InChI is InChI=1S/C34H35N3O4S/c1-42(39,40)41-25-31-23-35(22-27-14-6-2-7-15-27)26-36(31)33(38)32-24-37(32)34(28-16-8-3-9-17-28,29-18-10-4-11-19-29)30-20-12-5-13-21-30/h2-21,31-32H,22-26H2,1H3/t31?,32?,37-/m1/s1. The van der Waals surface area contributed by atoms with Crippen LogP contribution in [0.4, 0.5) is 0 Å². The predicted molar refractivity (Wildman–Crippen MR) is 163 cm³/mol. The van der Waals surface area contributed by atoms with Gasteiger partial charge in [0.15, 0.2) is 0 Å². The summed E-state index contributed by atoms with van der Waals surface area (Å²) in [7, 11) is -3.65. The van der Waals surface area contributed by atoms with Crippen molar-refractivity contribution in [2.75, 3.05) is 32.6 Å². The second-order valence-electron chi connectivity index (χ2n) is 11.1. The summed E-state index contributed by atoms with van der Waals surface area (Å²) in [6.45, 7) is 2.11. The average molecular weight is 582 g/mol. The number of rotatable bonds is 10. The number of nitrogens with zero attached hydrogens (tertiary/aromatic N) is 3. The minimum Gasteiger partial charge on any atom is -0.322 e. The van der Waals surface area contributed by atoms with E-state index < -0.39 is 15.7 Å². The molecule has 7 nitrogen and oxygen atoms in total. The molecule has 2 unspecified atom stereocenters. The third-order valence-electron chi connectivity index (χ3n) is 8.17. The number of benzene rings is 4. The summed E-state index contributed by atoms with van der Waals surface area (Å²) in [6, 6.07) is 40.3. The van der Waals surface area contributed by atoms with Crippen molar-refractivity contribution in [3.8, 4) is 0 Å². The van der Waals surface area contributed by atoms with Crippen LogP contribution in [0.15, 0.2) is 121 Å². The molecule has 6 rings (SSSR count). The normalized spacial score (nSPS) is 20.9. The van der Waals surface area contributed by atoms with Crippen LogP contribution in [0.25, 0.3) is 0 Å². The molecule has 1 amide bonds. The van der Waals surface area contributed by atoms with Gasteiger partial charge in [0.05, 0.1) is 31.1 Å². The molecule has 2 fully saturated rings. The Morgan fingerprint density at radius 2 is 1.24 bits per heavy atom. The zero-order valence-electron chi connectivity index (χ0n) is 23.6. The number of amides is 1. The lowest BCUT2D eigenvalue weighted by Crippen LogP contribution is -2.46. The van der Waals surface area contributed by atoms with Crippen LogP contribution >= 0.6 is 0 Å². The van der Waals surface area contributed by atoms with Crippen molar-refractivity contribution in [3.63, 3.8) is 0 Å². The Morgan fingerprint density at radius 1 is 0.762 bits per heavy atom. The van der Waals surface area contributed by atoms with Gasteiger partial charge in [-0.05, 0) is 22.3 Å². The van der Waals surface area contributed by atoms with E-state index in [0.29, 0.717) is 26.3 Å². The van der Waals surface area contributed by atoms with Crippen LogP contribution in [0.5, 0.6) is 0 Å². The van der Waals surface area contributed by atoms with Crippen molar-refractivity contribution in [3.05, 3.63) is 144 Å². The van der Waals surface area contributed by atoms with Crippen molar-refractivity contribution in [1.29, 1.82) is 0 Å². The van der Waals surface area contributed by atoms with Crippen molar-refractivity contribution >= 4 is 16.0 Å². The summed E-state index contributed by atoms with van der Waals surface area (Å²) >= 11 is 0. The molecule has 42 heavy (non-hydrogen) atoms. The maximum atomic E-state index is 14.3. The van der Waals surface area contributed by atoms with Gasteiger partial charge in [0, 0.05) is 19.6 Å². The Balaban J connectivity index is 1.34. The summed E-state index contributed by atoms with van der Waals surface area (Å²) in [5.41, 5.74) is 3.72. The quantitative estimate of drug-likeness (QED) is 0.158. The molecule has 8 heteroatoms. The van der Waals surface area contributed by atoms with E-state index in [9.17, 15) is 13.2 Å². The third kappa shape index (κ3) is 5.76. The third-order valence-corrected chi connectivity index (χ3v) is 8.74. The maximum Gasteiger partial charge on any atom is 0.264 e. The van der Waals surface area contributed by atoms with Gasteiger partial charge in [-0.25, -0.2) is 0 Å². The monoisotopic (exact) mass is 581 g/mol. The zero-order valence-corrected chi connectivity index (χ0v) is 24.4. The van der Waals surface area contributed by atoms with Crippen LogP contribution in [0.3, 0.4) is 0 Å². The van der Waals surface area contributed by atoms with Crippen molar-refractivity contribution in [2.45, 2.75) is 24.2 Å². The Bertz CT molecular complexity index is 1510. The molecule has 216 valence electrons. The second-order valence-corrected chi connectivity index (χ2v) is 12.7. The Hall–Kier alpha value is -3.82. The number of carbonyl (C=O) groups excluding carboxylic acids is 1. The molecule has 4 aromatic carbocycles. The number of carbonyl (C=O) groups is 1. The van der Waals surface area contributed by atoms with E-state index in [1.165, 1.54) is 0 Å². The summed E-state index contributed by atoms with van der Waals surface area (Å²) in [6.07, 6.45) is 1.05. The molecule has 2 saturated heterocycles. The largest absolute Gasteiger partial charge is 0.322 e. The molecule has 2 aliphatic heterocycles. The van der Waals surface area contributed by atoms with Gasteiger partial charge >= 0.3 is 0 Å². The van der Waals surface area contributed by atoms with E-state index in [4.69, 9.17) is 4.18 Å². The lowest BCUT2D eigenvalue weighted by atomic mass is 9.76. The smallest absolute Gasteiger partial charge is 0.264 e. The molecule has 3 atom stereocenters. The summed E-state index contributed by atoms with van der Waals surface area (Å²) in [5.74, 6) is -0.0140. The van der Waals surface area contributed by atoms with E-state index in [0.717, 1.165) is 28.5 Å². The van der Waals surface area contributed by atoms with E-state index in [1.54, 1.807) is 0 Å². The van der Waals surface area contributed by atoms with Gasteiger partial charge < -0.3 is 4.90 Å². The van der Waals surface area contributed by atoms with Crippen molar-refractivity contribution < 1.29 is 17.4 Å². The Labute approximate surface area is 248 Å². The van der Waals surface area contributed by atoms with Gasteiger partial charge in [0.25, 0.3) is 10.1 Å². The number of hydrogen-bond acceptors (Lipinski definition) is 6. The highest BCUT2D eigenvalue weighted by atomic mass is 32.2. The van der Waals surface area contributed by atoms with Gasteiger partial charge in [-0.15, -0.1) is 0 Å². The molecule has 0 bridgehead atoms. The molecule has 0 N–H and O–H groups in total. The molecule has 0 radical (unpaired) electrons. The minimum absolute atomic E-state index is 0.0140. The van der Waals surface area contributed by atoms with Crippen LogP contribution in [0.1, 0.15) is 22.3 Å². The fourth-order valence-electron chi connectivity index (χ4n) is 6.28. The maximum absolute atomic E-state index is 14.3. The first-order valence-electron chi connectivity index (χ1n) is 14.2. The summed E-state index contributed by atoms with van der Waals surface area (Å²) < 4.78 is 29.0. The lowest BCUT2D eigenvalue weighted by Gasteiger charge is -2.38. The van der Waals surface area contributed by atoms with Crippen LogP contribution in [0, 0.1) is 0 Å². The highest BCUT2D eigenvalue weighted by molar-refractivity contribution is 7.85. The molecule has 0 saturated carbocycles. The van der Waals surface area contributed by atoms with Gasteiger partial charge in [0.2, 0.25) is 5.91 Å². The Morgan fingerprint density at radius 3 is 1.71 bits per heavy atom. The van der Waals surface area contributed by atoms with Gasteiger partial charge in [-0.2, -0.15) is 8.42 Å². The fourth-order valence-corrected chi connectivity index (χ4v) is 6.69. The lowest BCUT2D eigenvalue weighted by molar-refractivity contribution is -0.133. The molecule has 0 aromatic heterocycles. The molecular formula is C34H35N3O4S. The Kier molecular flexibility index (Phi) is 7.96. The van der Waals surface area contributed by atoms with Crippen molar-refractivity contribution in [1.82, 2.24) is 14.7 Å². The topological polar surface area (TPSA) is 69.9 Å². The highest BCUT2D eigenvalue weighted by Gasteiger charge is 2.57. The molecule has 4 aromatic rings. The van der Waals surface area contributed by atoms with Crippen LogP contribution < -0.4 is 0 Å². The second kappa shape index (κ2) is 11.8. The van der Waals surface area contributed by atoms with Gasteiger partial charge in [-0.1, -0.05) is 121 Å². The molecule has 2 aliphatic rings. The van der Waals surface area contributed by atoms with E-state index in [2.05, 4.69) is 58.3 Å². The van der Waals surface area contributed by atoms with E-state index >= 15 is 0 Å². The fraction of sp³-hybridized carbons (Fsp3) is 0.265. The van der Waals surface area contributed by atoms with Gasteiger partial charge in [-0.3, -0.25) is 18.8 Å². The highest BCUT2D eigenvalue weighted by Crippen LogP contribution is 2.48. The first-order valence-corrected chi connectivity index (χ1v) is 16.0. The van der Waals surface area contributed by atoms with Crippen LogP contribution in [-0.2, 0) is 31.2 Å². The van der Waals surface area contributed by atoms with E-state index in [-0.39, 0.29) is 24.6 Å². The zero-order chi connectivity index (χ0) is 29.2. The average Bonchev–Trinajstić information content (AvgIpc) is 3.71. The van der Waals surface area contributed by atoms with Gasteiger partial charge in [0.1, 0.15) is 6.04 Å². The van der Waals surface area contributed by atoms with E-state index in [1.807, 2.05) is 77.7 Å². The predicted octanol–water partition coefficient (Wildman–Crippen LogP) is 4.31. The molecular weight excluding hydrogens is 546 g/mol. The SMILES string of the molecule is CS(=O)(=O)OCC1CN(Cc2ccccc2)CN1C(=O)C1C[N@@]1C(c1ccccc1)(c1ccccc1)c1ccccc1. The summed E-state index contributed by atoms with van der Waals surface area (Å²) in [4.78, 5) is 20.6. The summed E-state index contributed by atoms with van der Waals surface area (Å²) in [5, 5.41) is 0. The molecule has 0 aliphatic carbocycles.